The molecule has 7 heteroatoms. The van der Waals surface area contributed by atoms with Crippen molar-refractivity contribution in [2.75, 3.05) is 0 Å². The van der Waals surface area contributed by atoms with Crippen molar-refractivity contribution in [1.82, 2.24) is 0 Å². The summed E-state index contributed by atoms with van der Waals surface area (Å²) in [6.45, 7) is 0. The lowest BCUT2D eigenvalue weighted by Crippen LogP contribution is -2.40. The molecule has 1 saturated carbocycles. The molecule has 2 atom stereocenters. The van der Waals surface area contributed by atoms with Crippen molar-refractivity contribution in [3.05, 3.63) is 53.0 Å². The molecule has 0 spiro atoms. The van der Waals surface area contributed by atoms with E-state index in [2.05, 4.69) is 15.9 Å². The number of Topliss-reactive ketones (excluding diaryl/α,β-unsaturated/α-hetero) is 1. The molecule has 2 aromatic carbocycles. The Hall–Kier alpha value is -1.99. The summed E-state index contributed by atoms with van der Waals surface area (Å²) in [7, 11) is -3.90. The Balaban J connectivity index is 1.92. The van der Waals surface area contributed by atoms with Gasteiger partial charge in [0.15, 0.2) is 9.84 Å². The standard InChI is InChI=1S/C19H17BrO5S/c20-14-5-1-12(2-6-14)13-3-8-16(9-4-13)26(24,25)18-11-15(21)7-10-17(18)19(22)23/h1-6,8-9,17-18H,7,10-11H2,(H,22,23). The largest absolute Gasteiger partial charge is 0.481 e. The van der Waals surface area contributed by atoms with Gasteiger partial charge in [-0.1, -0.05) is 40.2 Å². The first kappa shape index (κ1) is 18.8. The van der Waals surface area contributed by atoms with Gasteiger partial charge >= 0.3 is 5.97 Å². The minimum absolute atomic E-state index is 0.0457. The van der Waals surface area contributed by atoms with Crippen LogP contribution >= 0.6 is 15.9 Å². The predicted molar refractivity (Wildman–Crippen MR) is 101 cm³/mol. The van der Waals surface area contributed by atoms with Gasteiger partial charge in [-0.25, -0.2) is 8.42 Å². The number of carbonyl (C=O) groups is 2. The Kier molecular flexibility index (Phi) is 5.29. The highest BCUT2D eigenvalue weighted by Gasteiger charge is 2.43. The molecule has 0 bridgehead atoms. The smallest absolute Gasteiger partial charge is 0.307 e. The zero-order valence-corrected chi connectivity index (χ0v) is 16.2. The second-order valence-electron chi connectivity index (χ2n) is 6.34. The molecule has 0 aliphatic heterocycles. The van der Waals surface area contributed by atoms with E-state index in [0.29, 0.717) is 0 Å². The van der Waals surface area contributed by atoms with Gasteiger partial charge in [0.25, 0.3) is 0 Å². The predicted octanol–water partition coefficient (Wildman–Crippen LogP) is 3.71. The SMILES string of the molecule is O=C1CCC(C(=O)O)C(S(=O)(=O)c2ccc(-c3ccc(Br)cc3)cc2)C1. The minimum atomic E-state index is -3.90. The van der Waals surface area contributed by atoms with Crippen LogP contribution in [0.5, 0.6) is 0 Å². The first-order valence-electron chi connectivity index (χ1n) is 8.13. The van der Waals surface area contributed by atoms with Crippen molar-refractivity contribution in [3.63, 3.8) is 0 Å². The van der Waals surface area contributed by atoms with Gasteiger partial charge < -0.3 is 5.11 Å². The third kappa shape index (κ3) is 3.73. The summed E-state index contributed by atoms with van der Waals surface area (Å²) in [5.74, 6) is -2.43. The maximum Gasteiger partial charge on any atom is 0.307 e. The van der Waals surface area contributed by atoms with E-state index in [4.69, 9.17) is 0 Å². The third-order valence-electron chi connectivity index (χ3n) is 4.69. The van der Waals surface area contributed by atoms with Gasteiger partial charge in [0, 0.05) is 17.3 Å². The van der Waals surface area contributed by atoms with Crippen molar-refractivity contribution in [3.8, 4) is 11.1 Å². The van der Waals surface area contributed by atoms with Gasteiger partial charge in [0.2, 0.25) is 0 Å². The Morgan fingerprint density at radius 3 is 2.08 bits per heavy atom. The highest BCUT2D eigenvalue weighted by Crippen LogP contribution is 2.33. The summed E-state index contributed by atoms with van der Waals surface area (Å²) < 4.78 is 26.8. The number of hydrogen-bond acceptors (Lipinski definition) is 4. The van der Waals surface area contributed by atoms with Crippen LogP contribution < -0.4 is 0 Å². The van der Waals surface area contributed by atoms with Gasteiger partial charge in [0.1, 0.15) is 5.78 Å². The fraction of sp³-hybridized carbons (Fsp3) is 0.263. The molecule has 1 aliphatic carbocycles. The molecule has 1 aliphatic rings. The average molecular weight is 437 g/mol. The van der Waals surface area contributed by atoms with E-state index in [9.17, 15) is 23.1 Å². The molecule has 2 unspecified atom stereocenters. The number of carboxylic acids is 1. The topological polar surface area (TPSA) is 88.5 Å². The maximum absolute atomic E-state index is 12.9. The number of carboxylic acid groups (broad SMARTS) is 1. The van der Waals surface area contributed by atoms with E-state index in [0.717, 1.165) is 15.6 Å². The lowest BCUT2D eigenvalue weighted by atomic mass is 9.88. The molecular formula is C19H17BrO5S. The highest BCUT2D eigenvalue weighted by atomic mass is 79.9. The summed E-state index contributed by atoms with van der Waals surface area (Å²) in [5, 5.41) is 8.13. The van der Waals surface area contributed by atoms with Crippen LogP contribution in [-0.4, -0.2) is 30.5 Å². The Morgan fingerprint density at radius 1 is 1.00 bits per heavy atom. The Morgan fingerprint density at radius 2 is 1.54 bits per heavy atom. The molecule has 0 heterocycles. The zero-order valence-electron chi connectivity index (χ0n) is 13.8. The van der Waals surface area contributed by atoms with Gasteiger partial charge in [0.05, 0.1) is 16.1 Å². The van der Waals surface area contributed by atoms with Crippen molar-refractivity contribution in [2.45, 2.75) is 29.4 Å². The number of carbonyl (C=O) groups excluding carboxylic acids is 1. The first-order chi connectivity index (χ1) is 12.3. The molecule has 0 aromatic heterocycles. The monoisotopic (exact) mass is 436 g/mol. The Bertz CT molecular complexity index is 933. The van der Waals surface area contributed by atoms with Crippen LogP contribution in [0.4, 0.5) is 0 Å². The summed E-state index contributed by atoms with van der Waals surface area (Å²) in [4.78, 5) is 23.2. The van der Waals surface area contributed by atoms with Crippen LogP contribution in [0.25, 0.3) is 11.1 Å². The number of hydrogen-bond donors (Lipinski definition) is 1. The molecular weight excluding hydrogens is 420 g/mol. The van der Waals surface area contributed by atoms with Crippen molar-refractivity contribution in [1.29, 1.82) is 0 Å². The van der Waals surface area contributed by atoms with Gasteiger partial charge in [-0.05, 0) is 41.8 Å². The van der Waals surface area contributed by atoms with Crippen LogP contribution in [0, 0.1) is 5.92 Å². The molecule has 3 rings (SSSR count). The van der Waals surface area contributed by atoms with Gasteiger partial charge in [-0.15, -0.1) is 0 Å². The molecule has 0 radical (unpaired) electrons. The fourth-order valence-electron chi connectivity index (χ4n) is 3.23. The van der Waals surface area contributed by atoms with E-state index in [1.807, 2.05) is 24.3 Å². The molecule has 1 fully saturated rings. The minimum Gasteiger partial charge on any atom is -0.481 e. The van der Waals surface area contributed by atoms with Gasteiger partial charge in [-0.3, -0.25) is 9.59 Å². The summed E-state index contributed by atoms with van der Waals surface area (Å²) in [5.41, 5.74) is 1.79. The molecule has 0 amide bonds. The van der Waals surface area contributed by atoms with E-state index >= 15 is 0 Å². The fourth-order valence-corrected chi connectivity index (χ4v) is 5.45. The van der Waals surface area contributed by atoms with Crippen LogP contribution in [0.2, 0.25) is 0 Å². The number of halogens is 1. The molecule has 2 aromatic rings. The molecule has 0 saturated heterocycles. The number of rotatable bonds is 4. The second-order valence-corrected chi connectivity index (χ2v) is 9.42. The second kappa shape index (κ2) is 7.32. The zero-order chi connectivity index (χ0) is 18.9. The highest BCUT2D eigenvalue weighted by molar-refractivity contribution is 9.10. The first-order valence-corrected chi connectivity index (χ1v) is 10.5. The maximum atomic E-state index is 12.9. The van der Waals surface area contributed by atoms with Crippen LogP contribution in [-0.2, 0) is 19.4 Å². The average Bonchev–Trinajstić information content (AvgIpc) is 2.62. The number of aliphatic carboxylic acids is 1. The Labute approximate surface area is 160 Å². The van der Waals surface area contributed by atoms with Gasteiger partial charge in [-0.2, -0.15) is 0 Å². The molecule has 5 nitrogen and oxygen atoms in total. The third-order valence-corrected chi connectivity index (χ3v) is 7.44. The number of ketones is 1. The lowest BCUT2D eigenvalue weighted by Gasteiger charge is -2.27. The number of sulfone groups is 1. The van der Waals surface area contributed by atoms with Crippen molar-refractivity contribution >= 4 is 37.5 Å². The molecule has 26 heavy (non-hydrogen) atoms. The van der Waals surface area contributed by atoms with Crippen LogP contribution in [0.3, 0.4) is 0 Å². The number of benzene rings is 2. The quantitative estimate of drug-likeness (QED) is 0.788. The van der Waals surface area contributed by atoms with Crippen molar-refractivity contribution in [2.24, 2.45) is 5.92 Å². The summed E-state index contributed by atoms with van der Waals surface area (Å²) in [6.07, 6.45) is -0.0612. The van der Waals surface area contributed by atoms with E-state index < -0.39 is 27.0 Å². The lowest BCUT2D eigenvalue weighted by molar-refractivity contribution is -0.143. The van der Waals surface area contributed by atoms with E-state index in [-0.39, 0.29) is 29.9 Å². The summed E-state index contributed by atoms with van der Waals surface area (Å²) >= 11 is 3.37. The summed E-state index contributed by atoms with van der Waals surface area (Å²) in [6, 6.07) is 13.9. The van der Waals surface area contributed by atoms with Crippen molar-refractivity contribution < 1.29 is 23.1 Å². The van der Waals surface area contributed by atoms with Crippen LogP contribution in [0.15, 0.2) is 57.9 Å². The molecule has 1 N–H and O–H groups in total. The van der Waals surface area contributed by atoms with E-state index in [1.54, 1.807) is 12.1 Å². The molecule has 136 valence electrons. The van der Waals surface area contributed by atoms with Crippen LogP contribution in [0.1, 0.15) is 19.3 Å². The van der Waals surface area contributed by atoms with E-state index in [1.165, 1.54) is 12.1 Å². The normalized spacial score (nSPS) is 20.7.